The Kier molecular flexibility index (Phi) is 9.86. The number of hydrogen-bond donors (Lipinski definition) is 3. The molecule has 0 spiro atoms. The lowest BCUT2D eigenvalue weighted by atomic mass is 9.97. The first-order valence-corrected chi connectivity index (χ1v) is 10.4. The Hall–Kier alpha value is -1.38. The third-order valence-corrected chi connectivity index (χ3v) is 5.48. The van der Waals surface area contributed by atoms with Crippen molar-refractivity contribution in [1.82, 2.24) is 20.4 Å². The van der Waals surface area contributed by atoms with Crippen molar-refractivity contribution in [2.75, 3.05) is 66.1 Å². The second kappa shape index (κ2) is 12.2. The molecule has 27 heavy (non-hydrogen) atoms. The molecule has 2 aliphatic heterocycles. The maximum absolute atomic E-state index is 11.0. The number of methoxy groups -OCH3 is 1. The van der Waals surface area contributed by atoms with Crippen LogP contribution in [0.5, 0.6) is 0 Å². The topological polar surface area (TPSA) is 95.2 Å². The second-order valence-corrected chi connectivity index (χ2v) is 7.66. The van der Waals surface area contributed by atoms with Crippen LogP contribution >= 0.6 is 0 Å². The molecule has 2 heterocycles. The Labute approximate surface area is 163 Å². The number of hydrogen-bond acceptors (Lipinski definition) is 5. The summed E-state index contributed by atoms with van der Waals surface area (Å²) in [6.45, 7) is 10.2. The summed E-state index contributed by atoms with van der Waals surface area (Å²) < 4.78 is 5.17. The third-order valence-electron chi connectivity index (χ3n) is 5.48. The number of nitrogens with zero attached hydrogens (tertiary/aromatic N) is 3. The number of ether oxygens (including phenoxy) is 1. The number of rotatable bonds is 9. The van der Waals surface area contributed by atoms with Crippen molar-refractivity contribution in [2.24, 2.45) is 16.6 Å². The number of nitrogens with one attached hydrogen (secondary N) is 2. The molecule has 0 aromatic carbocycles. The zero-order chi connectivity index (χ0) is 19.5. The van der Waals surface area contributed by atoms with Gasteiger partial charge < -0.3 is 26.0 Å². The van der Waals surface area contributed by atoms with Crippen LogP contribution in [0.25, 0.3) is 0 Å². The summed E-state index contributed by atoms with van der Waals surface area (Å²) in [6.07, 6.45) is 4.43. The van der Waals surface area contributed by atoms with E-state index in [0.29, 0.717) is 18.5 Å². The van der Waals surface area contributed by atoms with E-state index < -0.39 is 0 Å². The van der Waals surface area contributed by atoms with Crippen molar-refractivity contribution in [3.05, 3.63) is 0 Å². The predicted octanol–water partition coefficient (Wildman–Crippen LogP) is -0.150. The van der Waals surface area contributed by atoms with Crippen molar-refractivity contribution in [2.45, 2.75) is 38.6 Å². The fourth-order valence-corrected chi connectivity index (χ4v) is 3.80. The number of amides is 1. The van der Waals surface area contributed by atoms with Gasteiger partial charge in [0.15, 0.2) is 5.96 Å². The summed E-state index contributed by atoms with van der Waals surface area (Å²) in [5.74, 6) is 1.34. The Bertz CT molecular complexity index is 457. The molecule has 0 aromatic heterocycles. The lowest BCUT2D eigenvalue weighted by Crippen LogP contribution is -2.50. The molecule has 0 unspecified atom stereocenters. The van der Waals surface area contributed by atoms with E-state index in [1.165, 1.54) is 12.8 Å². The van der Waals surface area contributed by atoms with Crippen LogP contribution in [0.4, 0.5) is 0 Å². The van der Waals surface area contributed by atoms with Gasteiger partial charge in [0.05, 0.1) is 13.2 Å². The van der Waals surface area contributed by atoms with Crippen LogP contribution < -0.4 is 16.4 Å². The maximum atomic E-state index is 11.0. The van der Waals surface area contributed by atoms with Crippen molar-refractivity contribution in [3.63, 3.8) is 0 Å². The lowest BCUT2D eigenvalue weighted by molar-refractivity contribution is -0.119. The zero-order valence-electron chi connectivity index (χ0n) is 17.1. The number of nitrogens with two attached hydrogens (primary N) is 1. The van der Waals surface area contributed by atoms with E-state index in [4.69, 9.17) is 15.5 Å². The van der Waals surface area contributed by atoms with E-state index in [9.17, 15) is 4.79 Å². The van der Waals surface area contributed by atoms with Crippen molar-refractivity contribution >= 4 is 11.9 Å². The molecule has 1 amide bonds. The minimum Gasteiger partial charge on any atom is -0.383 e. The van der Waals surface area contributed by atoms with E-state index >= 15 is 0 Å². The van der Waals surface area contributed by atoms with Crippen molar-refractivity contribution < 1.29 is 9.53 Å². The Morgan fingerprint density at radius 1 is 1.15 bits per heavy atom. The molecular weight excluding hydrogens is 344 g/mol. The van der Waals surface area contributed by atoms with Gasteiger partial charge in [0.1, 0.15) is 0 Å². The van der Waals surface area contributed by atoms with Gasteiger partial charge in [-0.2, -0.15) is 0 Å². The van der Waals surface area contributed by atoms with Gasteiger partial charge in [-0.15, -0.1) is 0 Å². The number of guanidine groups is 1. The molecule has 2 aliphatic rings. The fraction of sp³-hybridized carbons (Fsp3) is 0.895. The van der Waals surface area contributed by atoms with Gasteiger partial charge in [-0.1, -0.05) is 0 Å². The fourth-order valence-electron chi connectivity index (χ4n) is 3.80. The van der Waals surface area contributed by atoms with Crippen LogP contribution in [-0.2, 0) is 9.53 Å². The summed E-state index contributed by atoms with van der Waals surface area (Å²) in [7, 11) is 1.76. The quantitative estimate of drug-likeness (QED) is 0.379. The van der Waals surface area contributed by atoms with Crippen LogP contribution in [0.2, 0.25) is 0 Å². The first-order valence-electron chi connectivity index (χ1n) is 10.4. The second-order valence-electron chi connectivity index (χ2n) is 7.66. The first kappa shape index (κ1) is 21.9. The van der Waals surface area contributed by atoms with Gasteiger partial charge in [0.25, 0.3) is 0 Å². The van der Waals surface area contributed by atoms with Gasteiger partial charge >= 0.3 is 0 Å². The number of carbonyl (C=O) groups is 1. The molecule has 8 nitrogen and oxygen atoms in total. The summed E-state index contributed by atoms with van der Waals surface area (Å²) in [5.41, 5.74) is 5.29. The van der Waals surface area contributed by atoms with Crippen LogP contribution in [-0.4, -0.2) is 93.8 Å². The Balaban J connectivity index is 1.72. The van der Waals surface area contributed by atoms with Crippen LogP contribution in [0.15, 0.2) is 4.99 Å². The van der Waals surface area contributed by atoms with Gasteiger partial charge in [-0.25, -0.2) is 0 Å². The summed E-state index contributed by atoms with van der Waals surface area (Å²) in [4.78, 5) is 20.5. The molecule has 2 rings (SSSR count). The lowest BCUT2D eigenvalue weighted by Gasteiger charge is -2.33. The first-order chi connectivity index (χ1) is 13.1. The van der Waals surface area contributed by atoms with Gasteiger partial charge in [0.2, 0.25) is 5.91 Å². The highest BCUT2D eigenvalue weighted by Crippen LogP contribution is 2.17. The predicted molar refractivity (Wildman–Crippen MR) is 109 cm³/mol. The molecular formula is C19H38N6O2. The smallest absolute Gasteiger partial charge is 0.231 e. The average Bonchev–Trinajstić information content (AvgIpc) is 2.66. The minimum absolute atomic E-state index is 0.246. The molecule has 0 atom stereocenters. The van der Waals surface area contributed by atoms with Gasteiger partial charge in [0, 0.05) is 45.9 Å². The Morgan fingerprint density at radius 2 is 1.81 bits per heavy atom. The number of likely N-dealkylation sites (tertiary alicyclic amines) is 2. The average molecular weight is 383 g/mol. The zero-order valence-corrected chi connectivity index (χ0v) is 17.1. The molecule has 0 saturated carbocycles. The molecule has 8 heteroatoms. The minimum atomic E-state index is -0.246. The van der Waals surface area contributed by atoms with E-state index in [0.717, 1.165) is 71.2 Å². The molecule has 2 fully saturated rings. The van der Waals surface area contributed by atoms with E-state index in [-0.39, 0.29) is 5.91 Å². The van der Waals surface area contributed by atoms with Crippen LogP contribution in [0.1, 0.15) is 32.6 Å². The summed E-state index contributed by atoms with van der Waals surface area (Å²) in [5, 5.41) is 6.95. The molecule has 4 N–H and O–H groups in total. The molecule has 0 aromatic rings. The van der Waals surface area contributed by atoms with E-state index in [1.54, 1.807) is 7.11 Å². The van der Waals surface area contributed by atoms with Crippen molar-refractivity contribution in [1.29, 1.82) is 0 Å². The monoisotopic (exact) mass is 382 g/mol. The molecule has 2 saturated heterocycles. The number of piperidine rings is 2. The largest absolute Gasteiger partial charge is 0.383 e. The highest BCUT2D eigenvalue weighted by molar-refractivity contribution is 5.80. The van der Waals surface area contributed by atoms with Gasteiger partial charge in [-0.3, -0.25) is 14.7 Å². The third kappa shape index (κ3) is 8.45. The Morgan fingerprint density at radius 3 is 2.41 bits per heavy atom. The normalized spacial score (nSPS) is 21.3. The molecule has 156 valence electrons. The molecule has 0 bridgehead atoms. The van der Waals surface area contributed by atoms with Crippen LogP contribution in [0, 0.1) is 5.92 Å². The highest BCUT2D eigenvalue weighted by Gasteiger charge is 2.22. The van der Waals surface area contributed by atoms with E-state index in [1.807, 2.05) is 0 Å². The number of carbonyl (C=O) groups excluding carboxylic acids is 1. The highest BCUT2D eigenvalue weighted by atomic mass is 16.5. The number of aliphatic imine (C=N–C) groups is 1. The van der Waals surface area contributed by atoms with Gasteiger partial charge in [-0.05, 0) is 51.6 Å². The van der Waals surface area contributed by atoms with Crippen LogP contribution in [0.3, 0.4) is 0 Å². The summed E-state index contributed by atoms with van der Waals surface area (Å²) in [6, 6.07) is 0.405. The van der Waals surface area contributed by atoms with E-state index in [2.05, 4.69) is 27.4 Å². The van der Waals surface area contributed by atoms with Crippen molar-refractivity contribution in [3.8, 4) is 0 Å². The summed E-state index contributed by atoms with van der Waals surface area (Å²) >= 11 is 0. The SMILES string of the molecule is CCNC(=NCC1CCN(CCOC)CC1)NC1CCN(CC(N)=O)CC1. The number of primary amides is 1. The molecule has 0 aliphatic carbocycles. The molecule has 0 radical (unpaired) electrons. The standard InChI is InChI=1S/C19H38N6O2/c1-3-21-19(23-17-6-10-25(11-7-17)15-18(20)26)22-14-16-4-8-24(9-5-16)12-13-27-2/h16-17H,3-15H2,1-2H3,(H2,20,26)(H2,21,22,23). The maximum Gasteiger partial charge on any atom is 0.231 e.